The van der Waals surface area contributed by atoms with E-state index in [-0.39, 0.29) is 5.63 Å². The third-order valence-corrected chi connectivity index (χ3v) is 4.37. The van der Waals surface area contributed by atoms with Crippen molar-refractivity contribution in [1.82, 2.24) is 4.90 Å². The summed E-state index contributed by atoms with van der Waals surface area (Å²) in [6.45, 7) is 2.24. The number of hydrogen-bond acceptors (Lipinski definition) is 4. The highest BCUT2D eigenvalue weighted by Crippen LogP contribution is 2.22. The van der Waals surface area contributed by atoms with Crippen LogP contribution in [0.4, 0.5) is 0 Å². The topological polar surface area (TPSA) is 42.7 Å². The fourth-order valence-electron chi connectivity index (χ4n) is 3.04. The van der Waals surface area contributed by atoms with Gasteiger partial charge in [0.2, 0.25) is 0 Å². The first kappa shape index (κ1) is 17.2. The van der Waals surface area contributed by atoms with Crippen LogP contribution in [0, 0.1) is 0 Å². The second-order valence-corrected chi connectivity index (χ2v) is 6.27. The van der Waals surface area contributed by atoms with E-state index in [0.29, 0.717) is 5.58 Å². The van der Waals surface area contributed by atoms with Crippen molar-refractivity contribution in [3.63, 3.8) is 0 Å². The van der Waals surface area contributed by atoms with E-state index in [4.69, 9.17) is 9.15 Å². The van der Waals surface area contributed by atoms with Crippen LogP contribution in [-0.2, 0) is 13.0 Å². The first-order valence-corrected chi connectivity index (χ1v) is 8.49. The molecule has 4 rings (SSSR count). The van der Waals surface area contributed by atoms with Crippen LogP contribution >= 0.6 is 0 Å². The monoisotopic (exact) mass is 337 g/mol. The number of aryl methyl sites for hydroxylation is 1. The van der Waals surface area contributed by atoms with Crippen LogP contribution in [0.25, 0.3) is 11.0 Å². The minimum atomic E-state index is -0.302. The highest BCUT2D eigenvalue weighted by atomic mass is 16.5. The molecular formula is C21H23NO3. The van der Waals surface area contributed by atoms with E-state index in [1.165, 1.54) is 36.6 Å². The van der Waals surface area contributed by atoms with Gasteiger partial charge in [-0.3, -0.25) is 0 Å². The summed E-state index contributed by atoms with van der Waals surface area (Å²) in [5.74, 6) is 0.971. The molecule has 1 aliphatic heterocycles. The van der Waals surface area contributed by atoms with Crippen molar-refractivity contribution in [3.05, 3.63) is 76.1 Å². The highest BCUT2D eigenvalue weighted by molar-refractivity contribution is 5.75. The third kappa shape index (κ3) is 4.48. The van der Waals surface area contributed by atoms with Gasteiger partial charge in [0.25, 0.3) is 0 Å². The average Bonchev–Trinajstić information content (AvgIpc) is 2.81. The van der Waals surface area contributed by atoms with Gasteiger partial charge in [0, 0.05) is 18.0 Å². The van der Waals surface area contributed by atoms with Crippen LogP contribution in [0.3, 0.4) is 0 Å². The Hall–Kier alpha value is -2.59. The van der Waals surface area contributed by atoms with Gasteiger partial charge in [-0.05, 0) is 61.8 Å². The summed E-state index contributed by atoms with van der Waals surface area (Å²) in [6.07, 6.45) is 2.46. The van der Waals surface area contributed by atoms with Crippen molar-refractivity contribution in [2.45, 2.75) is 19.4 Å². The molecule has 1 aliphatic rings. The molecule has 0 N–H and O–H groups in total. The lowest BCUT2D eigenvalue weighted by Crippen LogP contribution is -2.17. The molecule has 2 heterocycles. The molecule has 1 aromatic heterocycles. The fraction of sp³-hybridized carbons (Fsp3) is 0.286. The summed E-state index contributed by atoms with van der Waals surface area (Å²) >= 11 is 0. The van der Waals surface area contributed by atoms with Gasteiger partial charge in [-0.15, -0.1) is 0 Å². The zero-order valence-electron chi connectivity index (χ0n) is 14.7. The van der Waals surface area contributed by atoms with Gasteiger partial charge >= 0.3 is 5.63 Å². The second kappa shape index (κ2) is 7.99. The average molecular weight is 337 g/mol. The van der Waals surface area contributed by atoms with Crippen LogP contribution in [0.15, 0.2) is 63.8 Å². The molecule has 0 amide bonds. The minimum Gasteiger partial charge on any atom is -0.497 e. The van der Waals surface area contributed by atoms with Gasteiger partial charge in [-0.1, -0.05) is 24.3 Å². The Morgan fingerprint density at radius 1 is 1.04 bits per heavy atom. The Kier molecular flexibility index (Phi) is 5.51. The summed E-state index contributed by atoms with van der Waals surface area (Å²) in [6, 6.07) is 17.0. The predicted molar refractivity (Wildman–Crippen MR) is 100 cm³/mol. The SMILES string of the molecule is COc1ccc2c(c1)CN(C)CCC2.O=c1ccc2ccccc2o1. The molecule has 3 aromatic rings. The van der Waals surface area contributed by atoms with Crippen molar-refractivity contribution in [2.75, 3.05) is 20.7 Å². The fourth-order valence-corrected chi connectivity index (χ4v) is 3.04. The zero-order valence-corrected chi connectivity index (χ0v) is 14.7. The maximum absolute atomic E-state index is 10.7. The number of fused-ring (bicyclic) bond motifs is 2. The molecule has 0 fully saturated rings. The summed E-state index contributed by atoms with van der Waals surface area (Å²) in [5, 5.41) is 0.951. The first-order chi connectivity index (χ1) is 12.2. The molecule has 0 aliphatic carbocycles. The summed E-state index contributed by atoms with van der Waals surface area (Å²) < 4.78 is 10.1. The molecule has 0 spiro atoms. The highest BCUT2D eigenvalue weighted by Gasteiger charge is 2.11. The van der Waals surface area contributed by atoms with Crippen LogP contribution in [-0.4, -0.2) is 25.6 Å². The van der Waals surface area contributed by atoms with E-state index in [9.17, 15) is 4.79 Å². The molecule has 0 radical (unpaired) electrons. The normalized spacial score (nSPS) is 14.2. The van der Waals surface area contributed by atoms with E-state index in [0.717, 1.165) is 17.7 Å². The van der Waals surface area contributed by atoms with Gasteiger partial charge in [0.05, 0.1) is 7.11 Å². The molecule has 0 atom stereocenters. The Balaban J connectivity index is 0.000000150. The predicted octanol–water partition coefficient (Wildman–Crippen LogP) is 3.87. The van der Waals surface area contributed by atoms with Crippen molar-refractivity contribution in [3.8, 4) is 5.75 Å². The number of para-hydroxylation sites is 1. The van der Waals surface area contributed by atoms with Gasteiger partial charge in [-0.25, -0.2) is 4.79 Å². The van der Waals surface area contributed by atoms with E-state index in [1.54, 1.807) is 19.2 Å². The quantitative estimate of drug-likeness (QED) is 0.632. The van der Waals surface area contributed by atoms with Crippen molar-refractivity contribution in [2.24, 2.45) is 0 Å². The largest absolute Gasteiger partial charge is 0.497 e. The third-order valence-electron chi connectivity index (χ3n) is 4.37. The number of nitrogens with zero attached hydrogens (tertiary/aromatic N) is 1. The molecule has 0 saturated heterocycles. The van der Waals surface area contributed by atoms with Crippen LogP contribution in [0.1, 0.15) is 17.5 Å². The number of hydrogen-bond donors (Lipinski definition) is 0. The van der Waals surface area contributed by atoms with E-state index in [2.05, 4.69) is 30.1 Å². The first-order valence-electron chi connectivity index (χ1n) is 8.49. The number of methoxy groups -OCH3 is 1. The zero-order chi connectivity index (χ0) is 17.6. The number of benzene rings is 2. The summed E-state index contributed by atoms with van der Waals surface area (Å²) in [7, 11) is 3.90. The van der Waals surface area contributed by atoms with E-state index in [1.807, 2.05) is 18.2 Å². The standard InChI is InChI=1S/C12H17NO.C9H6O2/c1-13-7-3-4-10-5-6-12(14-2)8-11(10)9-13;10-9-6-5-7-3-1-2-4-8(7)11-9/h5-6,8H,3-4,7,9H2,1-2H3;1-6H. The van der Waals surface area contributed by atoms with Crippen LogP contribution in [0.2, 0.25) is 0 Å². The molecule has 0 unspecified atom stereocenters. The lowest BCUT2D eigenvalue weighted by Gasteiger charge is -2.13. The maximum atomic E-state index is 10.7. The Labute approximate surface area is 147 Å². The molecule has 25 heavy (non-hydrogen) atoms. The van der Waals surface area contributed by atoms with Crippen LogP contribution < -0.4 is 10.4 Å². The Bertz CT molecular complexity index is 901. The number of ether oxygens (including phenoxy) is 1. The van der Waals surface area contributed by atoms with Gasteiger partial charge in [0.15, 0.2) is 0 Å². The van der Waals surface area contributed by atoms with Gasteiger partial charge < -0.3 is 14.1 Å². The van der Waals surface area contributed by atoms with Crippen molar-refractivity contribution >= 4 is 11.0 Å². The minimum absolute atomic E-state index is 0.302. The Morgan fingerprint density at radius 3 is 2.72 bits per heavy atom. The molecular weight excluding hydrogens is 314 g/mol. The lowest BCUT2D eigenvalue weighted by molar-refractivity contribution is 0.331. The van der Waals surface area contributed by atoms with E-state index < -0.39 is 0 Å². The van der Waals surface area contributed by atoms with Crippen molar-refractivity contribution in [1.29, 1.82) is 0 Å². The molecule has 2 aromatic carbocycles. The number of rotatable bonds is 1. The lowest BCUT2D eigenvalue weighted by atomic mass is 10.0. The van der Waals surface area contributed by atoms with Gasteiger partial charge in [0.1, 0.15) is 11.3 Å². The molecule has 0 saturated carbocycles. The smallest absolute Gasteiger partial charge is 0.336 e. The van der Waals surface area contributed by atoms with E-state index >= 15 is 0 Å². The molecule has 0 bridgehead atoms. The van der Waals surface area contributed by atoms with Crippen LogP contribution in [0.5, 0.6) is 5.75 Å². The summed E-state index contributed by atoms with van der Waals surface area (Å²) in [5.41, 5.74) is 3.24. The van der Waals surface area contributed by atoms with Gasteiger partial charge in [-0.2, -0.15) is 0 Å². The molecule has 4 nitrogen and oxygen atoms in total. The molecule has 4 heteroatoms. The van der Waals surface area contributed by atoms with Crippen molar-refractivity contribution < 1.29 is 9.15 Å². The summed E-state index contributed by atoms with van der Waals surface area (Å²) in [4.78, 5) is 13.1. The molecule has 130 valence electrons. The Morgan fingerprint density at radius 2 is 1.88 bits per heavy atom. The second-order valence-electron chi connectivity index (χ2n) is 6.27. The maximum Gasteiger partial charge on any atom is 0.336 e.